The first-order chi connectivity index (χ1) is 9.65. The molecule has 0 bridgehead atoms. The van der Waals surface area contributed by atoms with Crippen molar-refractivity contribution in [1.82, 2.24) is 0 Å². The maximum atomic E-state index is 11.2. The SMILES string of the molecule is CCN(Cc1cccs1)c1ccc(CO)cc1[N+](=O)[O-]. The highest BCUT2D eigenvalue weighted by atomic mass is 32.1. The van der Waals surface area contributed by atoms with E-state index in [-0.39, 0.29) is 12.3 Å². The van der Waals surface area contributed by atoms with Crippen LogP contribution in [0.15, 0.2) is 35.7 Å². The van der Waals surface area contributed by atoms with E-state index in [9.17, 15) is 10.1 Å². The molecule has 0 atom stereocenters. The van der Waals surface area contributed by atoms with Gasteiger partial charge in [-0.3, -0.25) is 10.1 Å². The molecule has 1 heterocycles. The molecule has 0 fully saturated rings. The highest BCUT2D eigenvalue weighted by molar-refractivity contribution is 7.09. The van der Waals surface area contributed by atoms with Crippen molar-refractivity contribution in [2.75, 3.05) is 11.4 Å². The van der Waals surface area contributed by atoms with Crippen LogP contribution in [0.4, 0.5) is 11.4 Å². The van der Waals surface area contributed by atoms with E-state index < -0.39 is 4.92 Å². The summed E-state index contributed by atoms with van der Waals surface area (Å²) in [6.07, 6.45) is 0. The Hall–Kier alpha value is -1.92. The fourth-order valence-electron chi connectivity index (χ4n) is 2.04. The maximum Gasteiger partial charge on any atom is 0.292 e. The van der Waals surface area contributed by atoms with Crippen molar-refractivity contribution in [2.45, 2.75) is 20.1 Å². The van der Waals surface area contributed by atoms with E-state index >= 15 is 0 Å². The first-order valence-corrected chi connectivity index (χ1v) is 7.19. The minimum atomic E-state index is -0.397. The van der Waals surface area contributed by atoms with Crippen molar-refractivity contribution in [2.24, 2.45) is 0 Å². The van der Waals surface area contributed by atoms with Gasteiger partial charge in [-0.2, -0.15) is 0 Å². The Labute approximate surface area is 121 Å². The predicted molar refractivity (Wildman–Crippen MR) is 80.1 cm³/mol. The number of hydrogen-bond donors (Lipinski definition) is 1. The fraction of sp³-hybridized carbons (Fsp3) is 0.286. The summed E-state index contributed by atoms with van der Waals surface area (Å²) in [7, 11) is 0. The molecule has 2 aromatic rings. The average molecular weight is 292 g/mol. The van der Waals surface area contributed by atoms with Gasteiger partial charge in [0.05, 0.1) is 18.1 Å². The number of thiophene rings is 1. The summed E-state index contributed by atoms with van der Waals surface area (Å²) in [5.41, 5.74) is 1.17. The Morgan fingerprint density at radius 3 is 2.75 bits per heavy atom. The first-order valence-electron chi connectivity index (χ1n) is 6.31. The van der Waals surface area contributed by atoms with Gasteiger partial charge in [0.15, 0.2) is 0 Å². The highest BCUT2D eigenvalue weighted by Crippen LogP contribution is 2.30. The van der Waals surface area contributed by atoms with Crippen LogP contribution in [-0.2, 0) is 13.2 Å². The van der Waals surface area contributed by atoms with Crippen molar-refractivity contribution in [3.05, 3.63) is 56.3 Å². The van der Waals surface area contributed by atoms with Crippen molar-refractivity contribution in [3.8, 4) is 0 Å². The van der Waals surface area contributed by atoms with Gasteiger partial charge in [-0.25, -0.2) is 0 Å². The minimum absolute atomic E-state index is 0.0370. The van der Waals surface area contributed by atoms with Crippen LogP contribution in [0.5, 0.6) is 0 Å². The molecule has 0 unspecified atom stereocenters. The largest absolute Gasteiger partial charge is 0.392 e. The predicted octanol–water partition coefficient (Wildman–Crippen LogP) is 3.18. The number of benzene rings is 1. The van der Waals surface area contributed by atoms with Crippen LogP contribution in [-0.4, -0.2) is 16.6 Å². The Morgan fingerprint density at radius 1 is 1.40 bits per heavy atom. The first kappa shape index (κ1) is 14.5. The molecule has 20 heavy (non-hydrogen) atoms. The molecule has 0 spiro atoms. The molecule has 0 radical (unpaired) electrons. The number of rotatable bonds is 6. The number of aliphatic hydroxyl groups excluding tert-OH is 1. The quantitative estimate of drug-likeness (QED) is 0.656. The smallest absolute Gasteiger partial charge is 0.292 e. The number of hydrogen-bond acceptors (Lipinski definition) is 5. The average Bonchev–Trinajstić information content (AvgIpc) is 2.97. The van der Waals surface area contributed by atoms with Crippen LogP contribution in [0.1, 0.15) is 17.4 Å². The second kappa shape index (κ2) is 6.49. The molecule has 6 heteroatoms. The number of aliphatic hydroxyl groups is 1. The van der Waals surface area contributed by atoms with Gasteiger partial charge in [-0.05, 0) is 30.0 Å². The monoisotopic (exact) mass is 292 g/mol. The normalized spacial score (nSPS) is 10.5. The summed E-state index contributed by atoms with van der Waals surface area (Å²) in [6, 6.07) is 8.85. The van der Waals surface area contributed by atoms with Crippen molar-refractivity contribution >= 4 is 22.7 Å². The number of nitrogens with zero attached hydrogens (tertiary/aromatic N) is 2. The van der Waals surface area contributed by atoms with E-state index in [1.54, 1.807) is 23.5 Å². The molecule has 0 saturated carbocycles. The van der Waals surface area contributed by atoms with Crippen LogP contribution in [0.3, 0.4) is 0 Å². The second-order valence-corrected chi connectivity index (χ2v) is 5.36. The van der Waals surface area contributed by atoms with Gasteiger partial charge < -0.3 is 10.0 Å². The van der Waals surface area contributed by atoms with Gasteiger partial charge in [-0.1, -0.05) is 12.1 Å². The summed E-state index contributed by atoms with van der Waals surface area (Å²) in [4.78, 5) is 13.9. The molecule has 0 saturated heterocycles. The molecule has 1 aromatic carbocycles. The number of nitro benzene ring substituents is 1. The molecule has 0 aliphatic rings. The number of nitro groups is 1. The van der Waals surface area contributed by atoms with Crippen LogP contribution in [0.2, 0.25) is 0 Å². The van der Waals surface area contributed by atoms with Crippen molar-refractivity contribution in [1.29, 1.82) is 0 Å². The lowest BCUT2D eigenvalue weighted by molar-refractivity contribution is -0.384. The maximum absolute atomic E-state index is 11.2. The summed E-state index contributed by atoms with van der Waals surface area (Å²) >= 11 is 1.63. The molecular weight excluding hydrogens is 276 g/mol. The van der Waals surface area contributed by atoms with Crippen molar-refractivity contribution < 1.29 is 10.0 Å². The zero-order valence-corrected chi connectivity index (χ0v) is 12.0. The molecule has 5 nitrogen and oxygen atoms in total. The molecule has 0 aliphatic heterocycles. The van der Waals surface area contributed by atoms with E-state index in [4.69, 9.17) is 5.11 Å². The van der Waals surface area contributed by atoms with Gasteiger partial charge in [0.25, 0.3) is 5.69 Å². The van der Waals surface area contributed by atoms with E-state index in [2.05, 4.69) is 0 Å². The molecular formula is C14H16N2O3S. The topological polar surface area (TPSA) is 66.6 Å². The third-order valence-corrected chi connectivity index (χ3v) is 3.93. The van der Waals surface area contributed by atoms with E-state index in [0.717, 1.165) is 4.88 Å². The lowest BCUT2D eigenvalue weighted by Crippen LogP contribution is -2.22. The lowest BCUT2D eigenvalue weighted by Gasteiger charge is -2.22. The summed E-state index contributed by atoms with van der Waals surface area (Å²) in [6.45, 7) is 3.10. The summed E-state index contributed by atoms with van der Waals surface area (Å²) < 4.78 is 0. The zero-order valence-electron chi connectivity index (χ0n) is 11.2. The third kappa shape index (κ3) is 3.15. The minimum Gasteiger partial charge on any atom is -0.392 e. The van der Waals surface area contributed by atoms with Gasteiger partial charge in [-0.15, -0.1) is 11.3 Å². The van der Waals surface area contributed by atoms with Crippen molar-refractivity contribution in [3.63, 3.8) is 0 Å². The van der Waals surface area contributed by atoms with Crippen LogP contribution < -0.4 is 4.90 Å². The van der Waals surface area contributed by atoms with Crippen LogP contribution >= 0.6 is 11.3 Å². The molecule has 1 N–H and O–H groups in total. The van der Waals surface area contributed by atoms with E-state index in [1.807, 2.05) is 29.3 Å². The lowest BCUT2D eigenvalue weighted by atomic mass is 10.1. The molecule has 0 amide bonds. The Morgan fingerprint density at radius 2 is 2.20 bits per heavy atom. The fourth-order valence-corrected chi connectivity index (χ4v) is 2.76. The van der Waals surface area contributed by atoms with E-state index in [1.165, 1.54) is 6.07 Å². The van der Waals surface area contributed by atoms with Gasteiger partial charge in [0, 0.05) is 17.5 Å². The third-order valence-electron chi connectivity index (χ3n) is 3.07. The van der Waals surface area contributed by atoms with Gasteiger partial charge >= 0.3 is 0 Å². The summed E-state index contributed by atoms with van der Waals surface area (Å²) in [5, 5.41) is 22.3. The Kier molecular flexibility index (Phi) is 4.70. The van der Waals surface area contributed by atoms with Crippen LogP contribution in [0.25, 0.3) is 0 Å². The van der Waals surface area contributed by atoms with Crippen LogP contribution in [0, 0.1) is 10.1 Å². The standard InChI is InChI=1S/C14H16N2O3S/c1-2-15(9-12-4-3-7-20-12)13-6-5-11(10-17)8-14(13)16(18)19/h3-8,17H,2,9-10H2,1H3. The second-order valence-electron chi connectivity index (χ2n) is 4.33. The molecule has 0 aliphatic carbocycles. The summed E-state index contributed by atoms with van der Waals surface area (Å²) in [5.74, 6) is 0. The van der Waals surface area contributed by atoms with Gasteiger partial charge in [0.2, 0.25) is 0 Å². The molecule has 1 aromatic heterocycles. The Balaban J connectivity index is 2.35. The molecule has 106 valence electrons. The molecule has 2 rings (SSSR count). The Bertz CT molecular complexity index is 584. The zero-order chi connectivity index (χ0) is 14.5. The number of anilines is 1. The highest BCUT2D eigenvalue weighted by Gasteiger charge is 2.19. The van der Waals surface area contributed by atoms with E-state index in [0.29, 0.717) is 24.3 Å². The van der Waals surface area contributed by atoms with Gasteiger partial charge in [0.1, 0.15) is 5.69 Å².